The van der Waals surface area contributed by atoms with Gasteiger partial charge in [-0.15, -0.1) is 0 Å². The number of likely N-dealkylation sites (tertiary alicyclic amines) is 1. The van der Waals surface area contributed by atoms with Crippen molar-refractivity contribution in [2.75, 3.05) is 33.6 Å². The molecule has 17 heavy (non-hydrogen) atoms. The summed E-state index contributed by atoms with van der Waals surface area (Å²) in [5.41, 5.74) is 0. The molecule has 0 aromatic carbocycles. The van der Waals surface area contributed by atoms with Gasteiger partial charge in [0.15, 0.2) is 0 Å². The second-order valence-electron chi connectivity index (χ2n) is 4.28. The first-order valence-electron chi connectivity index (χ1n) is 6.40. The zero-order valence-electron chi connectivity index (χ0n) is 10.9. The lowest BCUT2D eigenvalue weighted by molar-refractivity contribution is 0.0589. The summed E-state index contributed by atoms with van der Waals surface area (Å²) in [7, 11) is 1.63. The van der Waals surface area contributed by atoms with E-state index in [0.29, 0.717) is 19.3 Å². The first-order valence-corrected chi connectivity index (χ1v) is 6.40. The molecule has 0 spiro atoms. The van der Waals surface area contributed by atoms with E-state index < -0.39 is 0 Å². The minimum Gasteiger partial charge on any atom is -0.382 e. The number of urea groups is 1. The maximum Gasteiger partial charge on any atom is 0.319 e. The Morgan fingerprint density at radius 1 is 1.41 bits per heavy atom. The molecule has 1 N–H and O–H groups in total. The number of carbonyl (C=O) groups is 1. The number of methoxy groups -OCH3 is 1. The van der Waals surface area contributed by atoms with Crippen LogP contribution in [0.3, 0.4) is 0 Å². The zero-order valence-corrected chi connectivity index (χ0v) is 10.9. The van der Waals surface area contributed by atoms with Crippen LogP contribution in [0.15, 0.2) is 0 Å². The van der Waals surface area contributed by atoms with Crippen LogP contribution in [0.2, 0.25) is 0 Å². The van der Waals surface area contributed by atoms with Gasteiger partial charge in [-0.1, -0.05) is 6.92 Å². The standard InChI is InChI=1S/C12H24N2O3/c1-3-11-6-4-5-7-14(11)12(15)13-10-17-9-8-16-2/h11H,3-10H2,1-2H3,(H,13,15). The van der Waals surface area contributed by atoms with E-state index in [-0.39, 0.29) is 12.8 Å². The van der Waals surface area contributed by atoms with Gasteiger partial charge in [-0.05, 0) is 25.7 Å². The third-order valence-corrected chi connectivity index (χ3v) is 3.12. The van der Waals surface area contributed by atoms with Crippen molar-refractivity contribution in [1.29, 1.82) is 0 Å². The van der Waals surface area contributed by atoms with E-state index >= 15 is 0 Å². The van der Waals surface area contributed by atoms with E-state index in [9.17, 15) is 4.79 Å². The second-order valence-corrected chi connectivity index (χ2v) is 4.28. The number of rotatable bonds is 6. The maximum absolute atomic E-state index is 11.9. The Morgan fingerprint density at radius 2 is 2.24 bits per heavy atom. The summed E-state index contributed by atoms with van der Waals surface area (Å²) in [6.45, 7) is 4.31. The Bertz CT molecular complexity index is 224. The Hall–Kier alpha value is -0.810. The van der Waals surface area contributed by atoms with Gasteiger partial charge in [-0.2, -0.15) is 0 Å². The van der Waals surface area contributed by atoms with Crippen molar-refractivity contribution in [3.63, 3.8) is 0 Å². The molecular weight excluding hydrogens is 220 g/mol. The number of ether oxygens (including phenoxy) is 2. The molecule has 1 aliphatic heterocycles. The molecule has 0 aliphatic carbocycles. The van der Waals surface area contributed by atoms with Crippen LogP contribution in [-0.4, -0.2) is 50.6 Å². The Labute approximate surface area is 103 Å². The van der Waals surface area contributed by atoms with Gasteiger partial charge in [0.1, 0.15) is 6.73 Å². The van der Waals surface area contributed by atoms with Gasteiger partial charge in [0.2, 0.25) is 0 Å². The first-order chi connectivity index (χ1) is 8.29. The predicted octanol–water partition coefficient (Wildman–Crippen LogP) is 1.58. The van der Waals surface area contributed by atoms with Crippen LogP contribution in [0.4, 0.5) is 4.79 Å². The van der Waals surface area contributed by atoms with Gasteiger partial charge in [-0.25, -0.2) is 4.79 Å². The Balaban J connectivity index is 2.20. The van der Waals surface area contributed by atoms with E-state index in [1.165, 1.54) is 6.42 Å². The molecule has 0 aromatic heterocycles. The van der Waals surface area contributed by atoms with Crippen molar-refractivity contribution in [2.45, 2.75) is 38.6 Å². The monoisotopic (exact) mass is 244 g/mol. The van der Waals surface area contributed by atoms with Crippen molar-refractivity contribution in [3.8, 4) is 0 Å². The molecule has 2 amide bonds. The second kappa shape index (κ2) is 8.31. The van der Waals surface area contributed by atoms with Crippen molar-refractivity contribution in [2.24, 2.45) is 0 Å². The summed E-state index contributed by atoms with van der Waals surface area (Å²) in [5.74, 6) is 0. The Morgan fingerprint density at radius 3 is 2.94 bits per heavy atom. The third-order valence-electron chi connectivity index (χ3n) is 3.12. The quantitative estimate of drug-likeness (QED) is 0.570. The van der Waals surface area contributed by atoms with E-state index in [1.807, 2.05) is 4.90 Å². The largest absolute Gasteiger partial charge is 0.382 e. The summed E-state index contributed by atoms with van der Waals surface area (Å²) < 4.78 is 10.1. The lowest BCUT2D eigenvalue weighted by atomic mass is 10.0. The number of hydrogen-bond donors (Lipinski definition) is 1. The molecular formula is C12H24N2O3. The lowest BCUT2D eigenvalue weighted by Gasteiger charge is -2.35. The number of carbonyl (C=O) groups excluding carboxylic acids is 1. The molecule has 5 heteroatoms. The highest BCUT2D eigenvalue weighted by Gasteiger charge is 2.24. The van der Waals surface area contributed by atoms with E-state index in [4.69, 9.17) is 9.47 Å². The minimum absolute atomic E-state index is 0.00559. The average molecular weight is 244 g/mol. The molecule has 1 aliphatic rings. The highest BCUT2D eigenvalue weighted by Crippen LogP contribution is 2.19. The fourth-order valence-electron chi connectivity index (χ4n) is 2.12. The smallest absolute Gasteiger partial charge is 0.319 e. The summed E-state index contributed by atoms with van der Waals surface area (Å²) in [6, 6.07) is 0.386. The summed E-state index contributed by atoms with van der Waals surface area (Å²) >= 11 is 0. The van der Waals surface area contributed by atoms with Crippen LogP contribution in [0, 0.1) is 0 Å². The molecule has 0 saturated carbocycles. The number of nitrogens with zero attached hydrogens (tertiary/aromatic N) is 1. The summed E-state index contributed by atoms with van der Waals surface area (Å²) in [4.78, 5) is 13.8. The van der Waals surface area contributed by atoms with Crippen molar-refractivity contribution < 1.29 is 14.3 Å². The van der Waals surface area contributed by atoms with Crippen LogP contribution in [0.5, 0.6) is 0 Å². The predicted molar refractivity (Wildman–Crippen MR) is 65.9 cm³/mol. The topological polar surface area (TPSA) is 50.8 Å². The molecule has 1 saturated heterocycles. The Kier molecular flexibility index (Phi) is 6.96. The van der Waals surface area contributed by atoms with Crippen LogP contribution < -0.4 is 5.32 Å². The molecule has 0 radical (unpaired) electrons. The summed E-state index contributed by atoms with van der Waals surface area (Å²) in [6.07, 6.45) is 4.48. The molecule has 100 valence electrons. The lowest BCUT2D eigenvalue weighted by Crippen LogP contribution is -2.48. The van der Waals surface area contributed by atoms with Gasteiger partial charge in [0.05, 0.1) is 13.2 Å². The van der Waals surface area contributed by atoms with Gasteiger partial charge in [0, 0.05) is 19.7 Å². The molecule has 0 aromatic rings. The third kappa shape index (κ3) is 4.91. The number of amides is 2. The molecule has 5 nitrogen and oxygen atoms in total. The van der Waals surface area contributed by atoms with E-state index in [0.717, 1.165) is 25.8 Å². The number of nitrogens with one attached hydrogen (secondary N) is 1. The van der Waals surface area contributed by atoms with Crippen LogP contribution >= 0.6 is 0 Å². The summed E-state index contributed by atoms with van der Waals surface area (Å²) in [5, 5.41) is 2.78. The van der Waals surface area contributed by atoms with Gasteiger partial charge in [-0.3, -0.25) is 0 Å². The maximum atomic E-state index is 11.9. The molecule has 1 heterocycles. The normalized spacial score (nSPS) is 20.4. The fraction of sp³-hybridized carbons (Fsp3) is 0.917. The van der Waals surface area contributed by atoms with Crippen LogP contribution in [0.1, 0.15) is 32.6 Å². The first kappa shape index (κ1) is 14.3. The minimum atomic E-state index is -0.00559. The number of hydrogen-bond acceptors (Lipinski definition) is 3. The molecule has 1 rings (SSSR count). The SMILES string of the molecule is CCC1CCCCN1C(=O)NCOCCOC. The number of piperidine rings is 1. The highest BCUT2D eigenvalue weighted by molar-refractivity contribution is 5.74. The molecule has 1 fully saturated rings. The van der Waals surface area contributed by atoms with Crippen molar-refractivity contribution >= 4 is 6.03 Å². The van der Waals surface area contributed by atoms with Crippen molar-refractivity contribution in [1.82, 2.24) is 10.2 Å². The molecule has 1 atom stereocenters. The van der Waals surface area contributed by atoms with Crippen molar-refractivity contribution in [3.05, 3.63) is 0 Å². The molecule has 1 unspecified atom stereocenters. The highest BCUT2D eigenvalue weighted by atomic mass is 16.5. The average Bonchev–Trinajstić information content (AvgIpc) is 2.38. The fourth-order valence-corrected chi connectivity index (χ4v) is 2.12. The molecule has 0 bridgehead atoms. The zero-order chi connectivity index (χ0) is 12.5. The van der Waals surface area contributed by atoms with E-state index in [2.05, 4.69) is 12.2 Å². The van der Waals surface area contributed by atoms with Gasteiger partial charge >= 0.3 is 6.03 Å². The van der Waals surface area contributed by atoms with Gasteiger partial charge in [0.25, 0.3) is 0 Å². The van der Waals surface area contributed by atoms with Gasteiger partial charge < -0.3 is 19.7 Å². The van der Waals surface area contributed by atoms with Crippen LogP contribution in [0.25, 0.3) is 0 Å². The van der Waals surface area contributed by atoms with E-state index in [1.54, 1.807) is 7.11 Å². The van der Waals surface area contributed by atoms with Crippen LogP contribution in [-0.2, 0) is 9.47 Å².